The molecule has 0 saturated carbocycles. The van der Waals surface area contributed by atoms with E-state index in [4.69, 9.17) is 15.9 Å². The van der Waals surface area contributed by atoms with Crippen molar-refractivity contribution >= 4 is 11.8 Å². The third-order valence-electron chi connectivity index (χ3n) is 3.17. The molecule has 0 radical (unpaired) electrons. The Bertz CT molecular complexity index is 442. The van der Waals surface area contributed by atoms with Crippen LogP contribution in [0.2, 0.25) is 0 Å². The Morgan fingerprint density at radius 1 is 1.44 bits per heavy atom. The van der Waals surface area contributed by atoms with Crippen LogP contribution in [-0.4, -0.2) is 42.1 Å². The molecule has 0 aromatic carbocycles. The molecule has 3 N–H and O–H groups in total. The molecule has 1 fully saturated rings. The lowest BCUT2D eigenvalue weighted by molar-refractivity contribution is 0.0852. The van der Waals surface area contributed by atoms with E-state index in [1.54, 1.807) is 6.07 Å². The Hall–Kier alpha value is -1.69. The summed E-state index contributed by atoms with van der Waals surface area (Å²) in [6.45, 7) is 3.44. The number of aryl methyl sites for hydroxylation is 1. The molecular weight excluding hydrogens is 230 g/mol. The van der Waals surface area contributed by atoms with Gasteiger partial charge >= 0.3 is 0 Å². The van der Waals surface area contributed by atoms with E-state index in [1.807, 2.05) is 14.0 Å². The molecule has 0 spiro atoms. The van der Waals surface area contributed by atoms with Gasteiger partial charge < -0.3 is 15.4 Å². The topological polar surface area (TPSA) is 88.1 Å². The average Bonchev–Trinajstić information content (AvgIpc) is 2.38. The van der Waals surface area contributed by atoms with Gasteiger partial charge in [-0.25, -0.2) is 9.97 Å². The highest BCUT2D eigenvalue weighted by Crippen LogP contribution is 2.18. The first-order valence-corrected chi connectivity index (χ1v) is 6.08. The van der Waals surface area contributed by atoms with Crippen molar-refractivity contribution in [2.45, 2.75) is 25.8 Å². The van der Waals surface area contributed by atoms with Crippen molar-refractivity contribution in [3.63, 3.8) is 0 Å². The summed E-state index contributed by atoms with van der Waals surface area (Å²) in [7, 11) is 1.98. The number of nitrogens with two attached hydrogens (primary N) is 1. The van der Waals surface area contributed by atoms with Crippen LogP contribution >= 0.6 is 0 Å². The molecule has 0 atom stereocenters. The van der Waals surface area contributed by atoms with Gasteiger partial charge in [0.2, 0.25) is 5.95 Å². The molecule has 6 nitrogen and oxygen atoms in total. The monoisotopic (exact) mass is 249 g/mol. The van der Waals surface area contributed by atoms with Crippen molar-refractivity contribution in [1.29, 1.82) is 5.41 Å². The number of nitrogen functional groups attached to an aromatic ring is 1. The number of amidine groups is 1. The maximum Gasteiger partial charge on any atom is 0.226 e. The van der Waals surface area contributed by atoms with Gasteiger partial charge in [-0.05, 0) is 25.8 Å². The second-order valence-corrected chi connectivity index (χ2v) is 4.56. The molecule has 0 unspecified atom stereocenters. The first-order valence-electron chi connectivity index (χ1n) is 6.08. The van der Waals surface area contributed by atoms with Crippen LogP contribution in [0.25, 0.3) is 0 Å². The number of nitrogens with zero attached hydrogens (tertiary/aromatic N) is 3. The quantitative estimate of drug-likeness (QED) is 0.607. The van der Waals surface area contributed by atoms with Gasteiger partial charge in [0.15, 0.2) is 0 Å². The van der Waals surface area contributed by atoms with Crippen molar-refractivity contribution in [3.8, 4) is 0 Å². The molecule has 1 aromatic rings. The molecule has 6 heteroatoms. The summed E-state index contributed by atoms with van der Waals surface area (Å²) in [5, 5.41) is 7.46. The number of aromatic nitrogens is 2. The molecular formula is C12H19N5O. The lowest BCUT2D eigenvalue weighted by Gasteiger charge is -2.31. The van der Waals surface area contributed by atoms with E-state index >= 15 is 0 Å². The van der Waals surface area contributed by atoms with Crippen molar-refractivity contribution < 1.29 is 4.74 Å². The molecule has 98 valence electrons. The Labute approximate surface area is 107 Å². The van der Waals surface area contributed by atoms with Crippen LogP contribution < -0.4 is 10.6 Å². The summed E-state index contributed by atoms with van der Waals surface area (Å²) < 4.78 is 5.35. The minimum atomic E-state index is -0.0258. The molecule has 1 saturated heterocycles. The Morgan fingerprint density at radius 3 is 2.72 bits per heavy atom. The summed E-state index contributed by atoms with van der Waals surface area (Å²) in [5.74, 6) is 0.606. The highest BCUT2D eigenvalue weighted by molar-refractivity contribution is 5.93. The second kappa shape index (κ2) is 5.30. The number of hydrogen-bond donors (Lipinski definition) is 2. The van der Waals surface area contributed by atoms with Gasteiger partial charge in [-0.3, -0.25) is 5.41 Å². The maximum absolute atomic E-state index is 7.46. The van der Waals surface area contributed by atoms with Crippen LogP contribution in [0, 0.1) is 12.3 Å². The number of ether oxygens (including phenoxy) is 1. The molecule has 0 aliphatic carbocycles. The molecule has 2 heterocycles. The van der Waals surface area contributed by atoms with Crippen molar-refractivity contribution in [2.75, 3.05) is 25.2 Å². The molecule has 1 aromatic heterocycles. The highest BCUT2D eigenvalue weighted by Gasteiger charge is 2.21. The largest absolute Gasteiger partial charge is 0.382 e. The van der Waals surface area contributed by atoms with Gasteiger partial charge in [-0.1, -0.05) is 0 Å². The van der Waals surface area contributed by atoms with E-state index in [9.17, 15) is 0 Å². The third-order valence-corrected chi connectivity index (χ3v) is 3.17. The van der Waals surface area contributed by atoms with Crippen LogP contribution in [-0.2, 0) is 4.74 Å². The zero-order valence-electron chi connectivity index (χ0n) is 10.8. The first kappa shape index (κ1) is 12.8. The fourth-order valence-corrected chi connectivity index (χ4v) is 2.08. The number of hydrogen-bond acceptors (Lipinski definition) is 5. The van der Waals surface area contributed by atoms with Gasteiger partial charge in [0.05, 0.1) is 0 Å². The second-order valence-electron chi connectivity index (χ2n) is 4.56. The molecule has 0 bridgehead atoms. The lowest BCUT2D eigenvalue weighted by Crippen LogP contribution is -2.38. The van der Waals surface area contributed by atoms with E-state index < -0.39 is 0 Å². The Morgan fingerprint density at radius 2 is 2.11 bits per heavy atom. The zero-order valence-corrected chi connectivity index (χ0v) is 10.8. The normalized spacial score (nSPS) is 16.6. The number of anilines is 1. The molecule has 0 amide bonds. The number of rotatable bonds is 3. The van der Waals surface area contributed by atoms with Crippen molar-refractivity contribution in [3.05, 3.63) is 17.5 Å². The molecule has 1 aliphatic heterocycles. The predicted molar refractivity (Wildman–Crippen MR) is 70.0 cm³/mol. The standard InChI is InChI=1S/C12H19N5O/c1-8-7-10(11(13)14)16-12(15-8)17(2)9-3-5-18-6-4-9/h7,9H,3-6H2,1-2H3,(H3,13,14). The van der Waals surface area contributed by atoms with E-state index in [2.05, 4.69) is 14.9 Å². The van der Waals surface area contributed by atoms with Gasteiger partial charge in [-0.15, -0.1) is 0 Å². The van der Waals surface area contributed by atoms with Gasteiger partial charge in [0, 0.05) is 32.0 Å². The zero-order chi connectivity index (χ0) is 13.1. The van der Waals surface area contributed by atoms with Gasteiger partial charge in [0.1, 0.15) is 11.5 Å². The minimum absolute atomic E-state index is 0.0258. The van der Waals surface area contributed by atoms with E-state index in [0.29, 0.717) is 17.7 Å². The third kappa shape index (κ3) is 2.76. The van der Waals surface area contributed by atoms with E-state index in [1.165, 1.54) is 0 Å². The van der Waals surface area contributed by atoms with Gasteiger partial charge in [0.25, 0.3) is 0 Å². The summed E-state index contributed by atoms with van der Waals surface area (Å²) in [6, 6.07) is 2.12. The van der Waals surface area contributed by atoms with Crippen LogP contribution in [0.4, 0.5) is 5.95 Å². The maximum atomic E-state index is 7.46. The van der Waals surface area contributed by atoms with Crippen LogP contribution in [0.3, 0.4) is 0 Å². The van der Waals surface area contributed by atoms with E-state index in [0.717, 1.165) is 31.7 Å². The van der Waals surface area contributed by atoms with Crippen molar-refractivity contribution in [1.82, 2.24) is 9.97 Å². The average molecular weight is 249 g/mol. The fourth-order valence-electron chi connectivity index (χ4n) is 2.08. The van der Waals surface area contributed by atoms with Crippen LogP contribution in [0.5, 0.6) is 0 Å². The van der Waals surface area contributed by atoms with Crippen molar-refractivity contribution in [2.24, 2.45) is 5.73 Å². The molecule has 1 aliphatic rings. The summed E-state index contributed by atoms with van der Waals surface area (Å²) in [4.78, 5) is 10.8. The lowest BCUT2D eigenvalue weighted by atomic mass is 10.1. The van der Waals surface area contributed by atoms with Crippen LogP contribution in [0.1, 0.15) is 24.2 Å². The van der Waals surface area contributed by atoms with Gasteiger partial charge in [-0.2, -0.15) is 0 Å². The SMILES string of the molecule is Cc1cc(C(=N)N)nc(N(C)C2CCOCC2)n1. The molecule has 18 heavy (non-hydrogen) atoms. The smallest absolute Gasteiger partial charge is 0.226 e. The van der Waals surface area contributed by atoms with Crippen LogP contribution in [0.15, 0.2) is 6.07 Å². The fraction of sp³-hybridized carbons (Fsp3) is 0.583. The Balaban J connectivity index is 2.23. The Kier molecular flexibility index (Phi) is 3.76. The molecule has 2 rings (SSSR count). The highest BCUT2D eigenvalue weighted by atomic mass is 16.5. The summed E-state index contributed by atoms with van der Waals surface area (Å²) in [6.07, 6.45) is 1.95. The summed E-state index contributed by atoms with van der Waals surface area (Å²) in [5.41, 5.74) is 6.79. The first-order chi connectivity index (χ1) is 8.58. The minimum Gasteiger partial charge on any atom is -0.382 e. The summed E-state index contributed by atoms with van der Waals surface area (Å²) >= 11 is 0. The predicted octanol–water partition coefficient (Wildman–Crippen LogP) is 0.684. The number of nitrogens with one attached hydrogen (secondary N) is 1. The van der Waals surface area contributed by atoms with E-state index in [-0.39, 0.29) is 5.84 Å².